The van der Waals surface area contributed by atoms with Crippen LogP contribution in [0.3, 0.4) is 0 Å². The van der Waals surface area contributed by atoms with E-state index in [0.717, 1.165) is 5.69 Å². The van der Waals surface area contributed by atoms with E-state index in [1.54, 1.807) is 26.3 Å². The van der Waals surface area contributed by atoms with Gasteiger partial charge < -0.3 is 14.2 Å². The van der Waals surface area contributed by atoms with Crippen LogP contribution in [0.25, 0.3) is 11.2 Å². The van der Waals surface area contributed by atoms with Crippen LogP contribution in [-0.4, -0.2) is 32.8 Å². The highest BCUT2D eigenvalue weighted by Crippen LogP contribution is 2.35. The number of ether oxygens (including phenoxy) is 1. The third kappa shape index (κ3) is 1.96. The summed E-state index contributed by atoms with van der Waals surface area (Å²) in [6, 6.07) is 5.45. The summed E-state index contributed by atoms with van der Waals surface area (Å²) >= 11 is 6.21. The first-order valence-corrected chi connectivity index (χ1v) is 7.69. The Morgan fingerprint density at radius 2 is 2.08 bits per heavy atom. The highest BCUT2D eigenvalue weighted by Gasteiger charge is 2.27. The second-order valence-electron chi connectivity index (χ2n) is 5.52. The van der Waals surface area contributed by atoms with E-state index in [1.807, 2.05) is 15.5 Å². The molecule has 1 aliphatic heterocycles. The minimum absolute atomic E-state index is 0.364. The Balaban J connectivity index is 1.91. The number of methoxy groups -OCH3 is 1. The molecule has 1 aromatic carbocycles. The summed E-state index contributed by atoms with van der Waals surface area (Å²) in [7, 11) is 3.14. The summed E-state index contributed by atoms with van der Waals surface area (Å²) in [5, 5.41) is 0.495. The zero-order chi connectivity index (χ0) is 17.0. The summed E-state index contributed by atoms with van der Waals surface area (Å²) in [6.07, 6.45) is 0. The third-order valence-corrected chi connectivity index (χ3v) is 4.52. The number of nitrogens with zero attached hydrogens (tertiary/aromatic N) is 4. The van der Waals surface area contributed by atoms with Gasteiger partial charge in [0, 0.05) is 25.8 Å². The topological polar surface area (TPSA) is 85.2 Å². The van der Waals surface area contributed by atoms with Gasteiger partial charge in [0.25, 0.3) is 5.56 Å². The number of halogens is 1. The fourth-order valence-electron chi connectivity index (χ4n) is 3.01. The molecule has 24 heavy (non-hydrogen) atoms. The van der Waals surface area contributed by atoms with Crippen molar-refractivity contribution < 1.29 is 4.74 Å². The van der Waals surface area contributed by atoms with E-state index in [0.29, 0.717) is 41.0 Å². The maximum Gasteiger partial charge on any atom is 0.329 e. The molecule has 0 unspecified atom stereocenters. The molecule has 8 nitrogen and oxygen atoms in total. The van der Waals surface area contributed by atoms with Crippen LogP contribution in [0.5, 0.6) is 5.75 Å². The van der Waals surface area contributed by atoms with Crippen molar-refractivity contribution in [1.82, 2.24) is 19.1 Å². The predicted octanol–water partition coefficient (Wildman–Crippen LogP) is 1.24. The van der Waals surface area contributed by atoms with Crippen molar-refractivity contribution in [3.63, 3.8) is 0 Å². The number of anilines is 2. The SMILES string of the molecule is COc1ccc(N2CCn3c2nc2c3c(=O)[nH]c(=O)n2C)cc1Cl. The number of nitrogens with one attached hydrogen (secondary N) is 1. The normalized spacial score (nSPS) is 13.5. The fraction of sp³-hybridized carbons (Fsp3) is 0.267. The number of aromatic nitrogens is 4. The molecule has 3 heterocycles. The number of rotatable bonds is 2. The lowest BCUT2D eigenvalue weighted by Crippen LogP contribution is -2.29. The maximum absolute atomic E-state index is 12.2. The van der Waals surface area contributed by atoms with Crippen LogP contribution in [0.15, 0.2) is 27.8 Å². The molecule has 9 heteroatoms. The summed E-state index contributed by atoms with van der Waals surface area (Å²) in [4.78, 5) is 32.7. The second-order valence-corrected chi connectivity index (χ2v) is 5.93. The van der Waals surface area contributed by atoms with Gasteiger partial charge in [-0.15, -0.1) is 0 Å². The molecule has 4 rings (SSSR count). The Bertz CT molecular complexity index is 1080. The number of hydrogen-bond acceptors (Lipinski definition) is 5. The molecule has 0 aliphatic carbocycles. The van der Waals surface area contributed by atoms with E-state index in [4.69, 9.17) is 16.3 Å². The van der Waals surface area contributed by atoms with E-state index in [-0.39, 0.29) is 0 Å². The van der Waals surface area contributed by atoms with Gasteiger partial charge in [-0.1, -0.05) is 11.6 Å². The molecule has 0 fully saturated rings. The standard InChI is InChI=1S/C15H14ClN5O3/c1-19-12-11(13(22)18-15(19)23)21-6-5-20(14(21)17-12)8-3-4-10(24-2)9(16)7-8/h3-4,7H,5-6H2,1-2H3,(H,18,22,23). The first-order valence-electron chi connectivity index (χ1n) is 7.32. The first-order chi connectivity index (χ1) is 11.5. The third-order valence-electron chi connectivity index (χ3n) is 4.22. The van der Waals surface area contributed by atoms with Crippen molar-refractivity contribution in [3.8, 4) is 5.75 Å². The van der Waals surface area contributed by atoms with Crippen molar-refractivity contribution in [2.45, 2.75) is 6.54 Å². The van der Waals surface area contributed by atoms with Crippen LogP contribution >= 0.6 is 11.6 Å². The summed E-state index contributed by atoms with van der Waals surface area (Å²) in [5.74, 6) is 1.20. The van der Waals surface area contributed by atoms with Crippen LogP contribution < -0.4 is 20.9 Å². The minimum atomic E-state index is -0.483. The van der Waals surface area contributed by atoms with E-state index in [1.165, 1.54) is 4.57 Å². The van der Waals surface area contributed by atoms with Crippen LogP contribution in [0.1, 0.15) is 0 Å². The van der Waals surface area contributed by atoms with Gasteiger partial charge in [-0.05, 0) is 18.2 Å². The fourth-order valence-corrected chi connectivity index (χ4v) is 3.26. The molecule has 0 spiro atoms. The molecule has 0 amide bonds. The number of imidazole rings is 1. The Morgan fingerprint density at radius 3 is 2.79 bits per heavy atom. The lowest BCUT2D eigenvalue weighted by molar-refractivity contribution is 0.415. The lowest BCUT2D eigenvalue weighted by Gasteiger charge is -2.17. The first kappa shape index (κ1) is 14.8. The monoisotopic (exact) mass is 347 g/mol. The molecule has 0 saturated heterocycles. The zero-order valence-corrected chi connectivity index (χ0v) is 13.8. The van der Waals surface area contributed by atoms with Gasteiger partial charge in [-0.2, -0.15) is 4.98 Å². The van der Waals surface area contributed by atoms with Crippen LogP contribution in [0.4, 0.5) is 11.6 Å². The van der Waals surface area contributed by atoms with E-state index < -0.39 is 11.2 Å². The Morgan fingerprint density at radius 1 is 1.29 bits per heavy atom. The van der Waals surface area contributed by atoms with Gasteiger partial charge in [0.1, 0.15) is 5.75 Å². The van der Waals surface area contributed by atoms with Gasteiger partial charge in [0.05, 0.1) is 12.1 Å². The average Bonchev–Trinajstić information content (AvgIpc) is 3.11. The van der Waals surface area contributed by atoms with Gasteiger partial charge in [0.2, 0.25) is 5.95 Å². The molecule has 0 radical (unpaired) electrons. The van der Waals surface area contributed by atoms with Crippen molar-refractivity contribution in [1.29, 1.82) is 0 Å². The van der Waals surface area contributed by atoms with E-state index in [2.05, 4.69) is 9.97 Å². The Kier molecular flexibility index (Phi) is 3.17. The zero-order valence-electron chi connectivity index (χ0n) is 13.0. The molecule has 1 N–H and O–H groups in total. The number of fused-ring (bicyclic) bond motifs is 3. The van der Waals surface area contributed by atoms with Crippen molar-refractivity contribution in [2.75, 3.05) is 18.6 Å². The number of H-pyrrole nitrogens is 1. The summed E-state index contributed by atoms with van der Waals surface area (Å²) in [5.41, 5.74) is 0.693. The molecular formula is C15H14ClN5O3. The van der Waals surface area contributed by atoms with E-state index in [9.17, 15) is 9.59 Å². The number of benzene rings is 1. The van der Waals surface area contributed by atoms with Crippen molar-refractivity contribution >= 4 is 34.4 Å². The smallest absolute Gasteiger partial charge is 0.329 e. The minimum Gasteiger partial charge on any atom is -0.495 e. The molecule has 0 atom stereocenters. The van der Waals surface area contributed by atoms with Gasteiger partial charge in [-0.3, -0.25) is 14.3 Å². The Labute approximate surface area is 140 Å². The van der Waals surface area contributed by atoms with Crippen LogP contribution in [-0.2, 0) is 13.6 Å². The molecule has 2 aromatic heterocycles. The maximum atomic E-state index is 12.2. The molecule has 0 bridgehead atoms. The predicted molar refractivity (Wildman–Crippen MR) is 90.6 cm³/mol. The second kappa shape index (κ2) is 5.13. The van der Waals surface area contributed by atoms with Gasteiger partial charge in [0.15, 0.2) is 11.2 Å². The molecular weight excluding hydrogens is 334 g/mol. The van der Waals surface area contributed by atoms with Crippen molar-refractivity contribution in [3.05, 3.63) is 44.1 Å². The molecule has 3 aromatic rings. The number of hydrogen-bond donors (Lipinski definition) is 1. The Hall–Kier alpha value is -2.74. The molecule has 124 valence electrons. The van der Waals surface area contributed by atoms with Gasteiger partial charge >= 0.3 is 5.69 Å². The van der Waals surface area contributed by atoms with Crippen molar-refractivity contribution in [2.24, 2.45) is 7.05 Å². The largest absolute Gasteiger partial charge is 0.495 e. The lowest BCUT2D eigenvalue weighted by atomic mass is 10.3. The quantitative estimate of drug-likeness (QED) is 0.753. The summed E-state index contributed by atoms with van der Waals surface area (Å²) in [6.45, 7) is 1.25. The number of aromatic amines is 1. The average molecular weight is 348 g/mol. The number of aryl methyl sites for hydroxylation is 1. The highest BCUT2D eigenvalue weighted by molar-refractivity contribution is 6.32. The van der Waals surface area contributed by atoms with E-state index >= 15 is 0 Å². The van der Waals surface area contributed by atoms with Crippen LogP contribution in [0.2, 0.25) is 5.02 Å². The molecule has 0 saturated carbocycles. The molecule has 1 aliphatic rings. The van der Waals surface area contributed by atoms with Crippen LogP contribution in [0, 0.1) is 0 Å². The highest BCUT2D eigenvalue weighted by atomic mass is 35.5. The van der Waals surface area contributed by atoms with Gasteiger partial charge in [-0.25, -0.2) is 4.79 Å². The summed E-state index contributed by atoms with van der Waals surface area (Å²) < 4.78 is 8.32.